The van der Waals surface area contributed by atoms with Crippen LogP contribution in [0, 0.1) is 6.92 Å². The van der Waals surface area contributed by atoms with Gasteiger partial charge in [-0.15, -0.1) is 0 Å². The average molecular weight is 426 g/mol. The molecule has 3 heterocycles. The van der Waals surface area contributed by atoms with Crippen LogP contribution in [0.4, 0.5) is 0 Å². The zero-order valence-corrected chi connectivity index (χ0v) is 17.1. The third-order valence-corrected chi connectivity index (χ3v) is 5.30. The number of esters is 1. The number of amides is 1. The van der Waals surface area contributed by atoms with Crippen molar-refractivity contribution in [2.24, 2.45) is 5.73 Å². The topological polar surface area (TPSA) is 113 Å². The molecule has 5 rings (SSSR count). The summed E-state index contributed by atoms with van der Waals surface area (Å²) in [6.07, 6.45) is 9.49. The quantitative estimate of drug-likeness (QED) is 0.489. The Kier molecular flexibility index (Phi) is 4.48. The predicted molar refractivity (Wildman–Crippen MR) is 116 cm³/mol. The fourth-order valence-corrected chi connectivity index (χ4v) is 3.65. The highest BCUT2D eigenvalue weighted by Crippen LogP contribution is 2.33. The number of pyridine rings is 1. The molecule has 8 heteroatoms. The summed E-state index contributed by atoms with van der Waals surface area (Å²) in [5.41, 5.74) is 7.77. The van der Waals surface area contributed by atoms with Crippen LogP contribution in [0.3, 0.4) is 0 Å². The number of hydrogen-bond donors (Lipinski definition) is 1. The molecule has 0 saturated carbocycles. The lowest BCUT2D eigenvalue weighted by atomic mass is 10.0. The van der Waals surface area contributed by atoms with Crippen molar-refractivity contribution < 1.29 is 18.8 Å². The Morgan fingerprint density at radius 2 is 1.81 bits per heavy atom. The lowest BCUT2D eigenvalue weighted by Crippen LogP contribution is -2.43. The first-order valence-corrected chi connectivity index (χ1v) is 9.88. The van der Waals surface area contributed by atoms with Gasteiger partial charge < -0.3 is 19.4 Å². The van der Waals surface area contributed by atoms with Crippen LogP contribution in [0.2, 0.25) is 0 Å². The minimum absolute atomic E-state index is 0.251. The molecule has 2 N–H and O–H groups in total. The van der Waals surface area contributed by atoms with Crippen LogP contribution in [0.25, 0.3) is 28.2 Å². The van der Waals surface area contributed by atoms with Crippen LogP contribution in [0.15, 0.2) is 83.7 Å². The zero-order chi connectivity index (χ0) is 22.3. The van der Waals surface area contributed by atoms with Gasteiger partial charge >= 0.3 is 5.97 Å². The molecule has 8 nitrogen and oxygen atoms in total. The van der Waals surface area contributed by atoms with E-state index in [1.165, 1.54) is 12.2 Å². The fourth-order valence-electron chi connectivity index (χ4n) is 3.65. The molecular weight excluding hydrogens is 408 g/mol. The van der Waals surface area contributed by atoms with E-state index in [1.807, 2.05) is 37.3 Å². The lowest BCUT2D eigenvalue weighted by Gasteiger charge is -2.21. The Bertz CT molecular complexity index is 1400. The van der Waals surface area contributed by atoms with Gasteiger partial charge in [-0.2, -0.15) is 0 Å². The number of allylic oxidation sites excluding steroid dienone is 2. The van der Waals surface area contributed by atoms with Gasteiger partial charge in [0.2, 0.25) is 5.60 Å². The van der Waals surface area contributed by atoms with E-state index >= 15 is 0 Å². The first kappa shape index (κ1) is 19.5. The molecule has 0 unspecified atom stereocenters. The summed E-state index contributed by atoms with van der Waals surface area (Å²) in [6, 6.07) is 13.0. The van der Waals surface area contributed by atoms with Gasteiger partial charge in [0.25, 0.3) is 5.91 Å². The molecule has 1 aromatic carbocycles. The van der Waals surface area contributed by atoms with Crippen molar-refractivity contribution in [1.29, 1.82) is 0 Å². The number of rotatable bonds is 5. The van der Waals surface area contributed by atoms with Gasteiger partial charge in [0.05, 0.1) is 16.8 Å². The van der Waals surface area contributed by atoms with Crippen LogP contribution >= 0.6 is 0 Å². The van der Waals surface area contributed by atoms with Crippen molar-refractivity contribution >= 4 is 17.5 Å². The number of aryl methyl sites for hydroxylation is 1. The number of carbonyl (C=O) groups excluding carboxylic acids is 2. The van der Waals surface area contributed by atoms with Crippen molar-refractivity contribution in [2.45, 2.75) is 12.5 Å². The van der Waals surface area contributed by atoms with Crippen LogP contribution in [0.5, 0.6) is 0 Å². The first-order chi connectivity index (χ1) is 15.5. The highest BCUT2D eigenvalue weighted by atomic mass is 16.6. The number of ether oxygens (including phenoxy) is 1. The molecule has 1 aliphatic carbocycles. The normalized spacial score (nSPS) is 14.2. The highest BCUT2D eigenvalue weighted by molar-refractivity contribution is 5.96. The Hall–Kier alpha value is -4.46. The van der Waals surface area contributed by atoms with E-state index in [-0.39, 0.29) is 5.56 Å². The second-order valence-electron chi connectivity index (χ2n) is 7.40. The zero-order valence-electron chi connectivity index (χ0n) is 17.1. The van der Waals surface area contributed by atoms with Crippen molar-refractivity contribution in [2.75, 3.05) is 0 Å². The van der Waals surface area contributed by atoms with Crippen molar-refractivity contribution in [3.63, 3.8) is 0 Å². The predicted octanol–water partition coefficient (Wildman–Crippen LogP) is 3.47. The minimum atomic E-state index is -1.57. The average Bonchev–Trinajstić information content (AvgIpc) is 3.52. The number of imidazole rings is 1. The minimum Gasteiger partial charge on any atom is -0.437 e. The Morgan fingerprint density at radius 3 is 2.53 bits per heavy atom. The third kappa shape index (κ3) is 3.18. The van der Waals surface area contributed by atoms with Crippen LogP contribution in [-0.2, 0) is 9.53 Å². The van der Waals surface area contributed by atoms with Crippen molar-refractivity contribution in [3.05, 3.63) is 90.5 Å². The van der Waals surface area contributed by atoms with E-state index in [2.05, 4.69) is 10.1 Å². The largest absolute Gasteiger partial charge is 0.437 e. The van der Waals surface area contributed by atoms with E-state index in [0.717, 1.165) is 11.1 Å². The molecule has 4 aromatic rings. The van der Waals surface area contributed by atoms with Gasteiger partial charge in [-0.25, -0.2) is 9.78 Å². The van der Waals surface area contributed by atoms with Gasteiger partial charge in [-0.05, 0) is 31.2 Å². The van der Waals surface area contributed by atoms with E-state index in [9.17, 15) is 9.59 Å². The lowest BCUT2D eigenvalue weighted by molar-refractivity contribution is -0.129. The standard InChI is InChI=1S/C24H18N4O4/c1-15-20(21(27-32-15)16-7-3-2-4-8-16)18-14-28-13-17(9-10-19(28)26-18)22(29)31-24(23(25)30)11-5-6-12-24/h2-14H,1H3,(H2,25,30). The van der Waals surface area contributed by atoms with Crippen molar-refractivity contribution in [3.8, 4) is 22.5 Å². The van der Waals surface area contributed by atoms with Crippen LogP contribution in [-0.4, -0.2) is 32.0 Å². The van der Waals surface area contributed by atoms with Crippen molar-refractivity contribution in [1.82, 2.24) is 14.5 Å². The van der Waals surface area contributed by atoms with E-state index in [1.54, 1.807) is 41.1 Å². The maximum atomic E-state index is 12.7. The Morgan fingerprint density at radius 1 is 1.06 bits per heavy atom. The highest BCUT2D eigenvalue weighted by Gasteiger charge is 2.37. The number of benzene rings is 1. The summed E-state index contributed by atoms with van der Waals surface area (Å²) in [5.74, 6) is -0.809. The number of primary amides is 1. The van der Waals surface area contributed by atoms with Gasteiger partial charge in [0.1, 0.15) is 17.1 Å². The second-order valence-corrected chi connectivity index (χ2v) is 7.40. The van der Waals surface area contributed by atoms with E-state index in [4.69, 9.17) is 15.0 Å². The molecule has 0 spiro atoms. The summed E-state index contributed by atoms with van der Waals surface area (Å²) in [4.78, 5) is 29.2. The number of carbonyl (C=O) groups is 2. The molecule has 0 fully saturated rings. The summed E-state index contributed by atoms with van der Waals surface area (Å²) in [5, 5.41) is 4.20. The van der Waals surface area contributed by atoms with Gasteiger partial charge in [-0.1, -0.05) is 47.6 Å². The molecule has 3 aromatic heterocycles. The number of aromatic nitrogens is 3. The molecule has 32 heavy (non-hydrogen) atoms. The molecule has 0 aliphatic heterocycles. The van der Waals surface area contributed by atoms with Crippen LogP contribution in [0.1, 0.15) is 16.1 Å². The molecule has 0 bridgehead atoms. The van der Waals surface area contributed by atoms with Gasteiger partial charge in [0, 0.05) is 18.0 Å². The molecule has 0 atom stereocenters. The fraction of sp³-hybridized carbons (Fsp3) is 0.0833. The maximum Gasteiger partial charge on any atom is 0.341 e. The third-order valence-electron chi connectivity index (χ3n) is 5.30. The van der Waals surface area contributed by atoms with Gasteiger partial charge in [0.15, 0.2) is 0 Å². The molecule has 1 aliphatic rings. The second kappa shape index (κ2) is 7.35. The Balaban J connectivity index is 1.50. The number of nitrogens with two attached hydrogens (primary N) is 1. The molecule has 1 amide bonds. The molecule has 0 radical (unpaired) electrons. The van der Waals surface area contributed by atoms with Crippen LogP contribution < -0.4 is 5.73 Å². The maximum absolute atomic E-state index is 12.7. The monoisotopic (exact) mass is 426 g/mol. The van der Waals surface area contributed by atoms with Gasteiger partial charge in [-0.3, -0.25) is 4.79 Å². The van der Waals surface area contributed by atoms with E-state index in [0.29, 0.717) is 22.8 Å². The molecule has 0 saturated heterocycles. The summed E-state index contributed by atoms with van der Waals surface area (Å²) < 4.78 is 12.6. The smallest absolute Gasteiger partial charge is 0.341 e. The first-order valence-electron chi connectivity index (χ1n) is 9.88. The molecule has 158 valence electrons. The Labute approximate surface area is 182 Å². The SMILES string of the molecule is Cc1onc(-c2ccccc2)c1-c1cn2cc(C(=O)OC3(C(N)=O)C=CC=C3)ccc2n1. The number of hydrogen-bond acceptors (Lipinski definition) is 6. The molecular formula is C24H18N4O4. The summed E-state index contributed by atoms with van der Waals surface area (Å²) in [6.45, 7) is 1.83. The summed E-state index contributed by atoms with van der Waals surface area (Å²) >= 11 is 0. The number of fused-ring (bicyclic) bond motifs is 1. The summed E-state index contributed by atoms with van der Waals surface area (Å²) in [7, 11) is 0. The van der Waals surface area contributed by atoms with E-state index < -0.39 is 17.5 Å². The number of nitrogens with zero attached hydrogens (tertiary/aromatic N) is 3.